The second kappa shape index (κ2) is 8.36. The molecule has 4 rings (SSSR count). The molecule has 31 heavy (non-hydrogen) atoms. The molecule has 2 heterocycles. The Hall–Kier alpha value is -2.83. The van der Waals surface area contributed by atoms with Gasteiger partial charge in [0.1, 0.15) is 5.82 Å². The van der Waals surface area contributed by atoms with E-state index >= 15 is 0 Å². The van der Waals surface area contributed by atoms with Crippen LogP contribution in [0.3, 0.4) is 0 Å². The number of aryl methyl sites for hydroxylation is 3. The molecule has 1 N–H and O–H groups in total. The highest BCUT2D eigenvalue weighted by Crippen LogP contribution is 2.31. The van der Waals surface area contributed by atoms with Gasteiger partial charge in [-0.25, -0.2) is 9.38 Å². The second-order valence-corrected chi connectivity index (χ2v) is 8.95. The summed E-state index contributed by atoms with van der Waals surface area (Å²) >= 11 is 7.28. The quantitative estimate of drug-likeness (QED) is 0.466. The first-order valence-corrected chi connectivity index (χ1v) is 10.9. The minimum absolute atomic E-state index is 0.0721. The van der Waals surface area contributed by atoms with Gasteiger partial charge in [-0.1, -0.05) is 17.7 Å². The predicted octanol–water partition coefficient (Wildman–Crippen LogP) is 6.40. The predicted molar refractivity (Wildman–Crippen MR) is 127 cm³/mol. The van der Waals surface area contributed by atoms with Gasteiger partial charge in [0.05, 0.1) is 15.6 Å². The molecule has 0 radical (unpaired) electrons. The van der Waals surface area contributed by atoms with Gasteiger partial charge in [0.25, 0.3) is 5.91 Å². The van der Waals surface area contributed by atoms with Crippen LogP contribution in [0, 0.1) is 33.5 Å². The fourth-order valence-corrected chi connectivity index (χ4v) is 4.50. The van der Waals surface area contributed by atoms with Crippen LogP contribution in [0.15, 0.2) is 52.4 Å². The van der Waals surface area contributed by atoms with E-state index in [1.54, 1.807) is 12.1 Å². The largest absolute Gasteiger partial charge is 0.318 e. The third-order valence-corrected chi connectivity index (χ3v) is 6.49. The number of amidine groups is 1. The first kappa shape index (κ1) is 21.4. The van der Waals surface area contributed by atoms with Crippen molar-refractivity contribution in [3.63, 3.8) is 0 Å². The van der Waals surface area contributed by atoms with Crippen LogP contribution in [0.1, 0.15) is 28.1 Å². The number of halogens is 2. The van der Waals surface area contributed by atoms with E-state index < -0.39 is 5.82 Å². The van der Waals surface area contributed by atoms with Gasteiger partial charge >= 0.3 is 0 Å². The molecule has 3 aromatic rings. The lowest BCUT2D eigenvalue weighted by Gasteiger charge is -2.10. The Morgan fingerprint density at radius 1 is 1.06 bits per heavy atom. The number of hydrogen-bond acceptors (Lipinski definition) is 3. The molecular weight excluding hydrogens is 433 g/mol. The molecule has 7 heteroatoms. The number of thioether (sulfide) groups is 1. The van der Waals surface area contributed by atoms with Crippen molar-refractivity contribution in [1.29, 1.82) is 0 Å². The number of aromatic nitrogens is 1. The zero-order valence-electron chi connectivity index (χ0n) is 17.6. The van der Waals surface area contributed by atoms with Crippen molar-refractivity contribution in [3.8, 4) is 5.69 Å². The van der Waals surface area contributed by atoms with Gasteiger partial charge in [0, 0.05) is 17.1 Å². The monoisotopic (exact) mass is 453 g/mol. The van der Waals surface area contributed by atoms with Gasteiger partial charge in [-0.2, -0.15) is 0 Å². The number of nitrogens with one attached hydrogen (secondary N) is 1. The fourth-order valence-electron chi connectivity index (χ4n) is 3.49. The van der Waals surface area contributed by atoms with Crippen LogP contribution in [0.4, 0.5) is 10.1 Å². The maximum Gasteiger partial charge on any atom is 0.264 e. The van der Waals surface area contributed by atoms with Crippen molar-refractivity contribution < 1.29 is 9.18 Å². The van der Waals surface area contributed by atoms with E-state index in [1.165, 1.54) is 23.4 Å². The number of rotatable bonds is 3. The Kier molecular flexibility index (Phi) is 5.77. The van der Waals surface area contributed by atoms with Gasteiger partial charge in [-0.15, -0.1) is 0 Å². The Bertz CT molecular complexity index is 1280. The lowest BCUT2D eigenvalue weighted by atomic mass is 10.1. The normalized spacial score (nSPS) is 16.4. The standard InChI is InChI=1S/C24H21ClFN3OS/c1-13-5-6-18(9-14(13)2)27-24-28-23(30)22(31-24)11-17-10-15(3)29(16(17)4)19-7-8-21(26)20(25)12-19/h5-12H,1-4H3,(H,27,28,30)/b22-11+. The van der Waals surface area contributed by atoms with Crippen LogP contribution >= 0.6 is 23.4 Å². The van der Waals surface area contributed by atoms with Crippen LogP contribution in [0.2, 0.25) is 5.02 Å². The van der Waals surface area contributed by atoms with E-state index in [9.17, 15) is 9.18 Å². The topological polar surface area (TPSA) is 46.4 Å². The Balaban J connectivity index is 1.64. The van der Waals surface area contributed by atoms with Crippen molar-refractivity contribution in [1.82, 2.24) is 9.88 Å². The van der Waals surface area contributed by atoms with Crippen LogP contribution in [0.5, 0.6) is 0 Å². The average molecular weight is 454 g/mol. The number of amides is 1. The molecule has 1 aliphatic heterocycles. The molecule has 158 valence electrons. The van der Waals surface area contributed by atoms with Gasteiger partial charge in [0.15, 0.2) is 5.17 Å². The van der Waals surface area contributed by atoms with Gasteiger partial charge < -0.3 is 9.88 Å². The summed E-state index contributed by atoms with van der Waals surface area (Å²) in [6.45, 7) is 8.00. The molecular formula is C24H21ClFN3OS. The summed E-state index contributed by atoms with van der Waals surface area (Å²) < 4.78 is 15.5. The van der Waals surface area contributed by atoms with Crippen LogP contribution in [0.25, 0.3) is 11.8 Å². The van der Waals surface area contributed by atoms with E-state index in [1.807, 2.05) is 55.7 Å². The number of nitrogens with zero attached hydrogens (tertiary/aromatic N) is 2. The smallest absolute Gasteiger partial charge is 0.264 e. The molecule has 0 unspecified atom stereocenters. The van der Waals surface area contributed by atoms with E-state index in [2.05, 4.69) is 17.2 Å². The van der Waals surface area contributed by atoms with Crippen molar-refractivity contribution in [2.75, 3.05) is 0 Å². The first-order valence-electron chi connectivity index (χ1n) is 9.74. The highest BCUT2D eigenvalue weighted by Gasteiger charge is 2.24. The lowest BCUT2D eigenvalue weighted by molar-refractivity contribution is -0.115. The molecule has 1 saturated heterocycles. The van der Waals surface area contributed by atoms with Crippen molar-refractivity contribution in [3.05, 3.63) is 86.3 Å². The van der Waals surface area contributed by atoms with E-state index in [0.29, 0.717) is 10.1 Å². The fraction of sp³-hybridized carbons (Fsp3) is 0.167. The third-order valence-electron chi connectivity index (χ3n) is 5.29. The Morgan fingerprint density at radius 3 is 2.55 bits per heavy atom. The lowest BCUT2D eigenvalue weighted by Crippen LogP contribution is -2.19. The molecule has 1 aliphatic rings. The summed E-state index contributed by atoms with van der Waals surface area (Å²) in [5.74, 6) is -0.632. The molecule has 4 nitrogen and oxygen atoms in total. The SMILES string of the molecule is Cc1ccc(N=C2NC(=O)/C(=C\c3cc(C)n(-c4ccc(F)c(Cl)c4)c3C)S2)cc1C. The minimum Gasteiger partial charge on any atom is -0.318 e. The van der Waals surface area contributed by atoms with Crippen molar-refractivity contribution in [2.24, 2.45) is 4.99 Å². The summed E-state index contributed by atoms with van der Waals surface area (Å²) in [4.78, 5) is 17.6. The van der Waals surface area contributed by atoms with Crippen LogP contribution < -0.4 is 5.32 Å². The highest BCUT2D eigenvalue weighted by molar-refractivity contribution is 8.18. The van der Waals surface area contributed by atoms with Crippen LogP contribution in [-0.4, -0.2) is 15.6 Å². The number of carbonyl (C=O) groups is 1. The Morgan fingerprint density at radius 2 is 1.84 bits per heavy atom. The molecule has 1 amide bonds. The second-order valence-electron chi connectivity index (χ2n) is 7.51. The molecule has 0 aliphatic carbocycles. The molecule has 0 saturated carbocycles. The van der Waals surface area contributed by atoms with E-state index in [4.69, 9.17) is 11.6 Å². The summed E-state index contributed by atoms with van der Waals surface area (Å²) in [6, 6.07) is 12.6. The number of carbonyl (C=O) groups excluding carboxylic acids is 1. The van der Waals surface area contributed by atoms with Crippen molar-refractivity contribution in [2.45, 2.75) is 27.7 Å². The minimum atomic E-state index is -0.454. The van der Waals surface area contributed by atoms with E-state index in [-0.39, 0.29) is 10.9 Å². The molecule has 1 aromatic heterocycles. The third kappa shape index (κ3) is 4.31. The van der Waals surface area contributed by atoms with Gasteiger partial charge in [0.2, 0.25) is 0 Å². The number of hydrogen-bond donors (Lipinski definition) is 1. The van der Waals surface area contributed by atoms with Gasteiger partial charge in [-0.3, -0.25) is 4.79 Å². The number of aliphatic imine (C=N–C) groups is 1. The molecule has 1 fully saturated rings. The molecule has 0 spiro atoms. The highest BCUT2D eigenvalue weighted by atomic mass is 35.5. The average Bonchev–Trinajstić information content (AvgIpc) is 3.19. The molecule has 0 atom stereocenters. The van der Waals surface area contributed by atoms with Gasteiger partial charge in [-0.05, 0) is 98.6 Å². The summed E-state index contributed by atoms with van der Waals surface area (Å²) in [7, 11) is 0. The maximum absolute atomic E-state index is 13.6. The van der Waals surface area contributed by atoms with Crippen LogP contribution in [-0.2, 0) is 4.79 Å². The summed E-state index contributed by atoms with van der Waals surface area (Å²) in [5.41, 5.74) is 6.72. The summed E-state index contributed by atoms with van der Waals surface area (Å²) in [5, 5.41) is 3.46. The maximum atomic E-state index is 13.6. The van der Waals surface area contributed by atoms with E-state index in [0.717, 1.165) is 33.9 Å². The number of benzene rings is 2. The first-order chi connectivity index (χ1) is 14.7. The summed E-state index contributed by atoms with van der Waals surface area (Å²) in [6.07, 6.45) is 1.85. The molecule has 2 aromatic carbocycles. The Labute approximate surface area is 189 Å². The zero-order chi connectivity index (χ0) is 22.3. The van der Waals surface area contributed by atoms with Crippen molar-refractivity contribution >= 4 is 46.2 Å². The molecule has 0 bridgehead atoms. The zero-order valence-corrected chi connectivity index (χ0v) is 19.2.